The first kappa shape index (κ1) is 20.4. The fourth-order valence-electron chi connectivity index (χ4n) is 3.39. The highest BCUT2D eigenvalue weighted by Crippen LogP contribution is 2.18. The molecular formula is C22H26BrClN2O. The first-order chi connectivity index (χ1) is 13.0. The van der Waals surface area contributed by atoms with E-state index >= 15 is 0 Å². The minimum atomic E-state index is 0.0721. The number of rotatable bonds is 6. The molecule has 1 aliphatic rings. The minimum Gasteiger partial charge on any atom is -0.333 e. The Balaban J connectivity index is 1.70. The number of benzene rings is 2. The van der Waals surface area contributed by atoms with Crippen LogP contribution in [0.15, 0.2) is 53.0 Å². The molecular weight excluding hydrogens is 424 g/mol. The first-order valence-corrected chi connectivity index (χ1v) is 10.7. The molecule has 0 aromatic heterocycles. The van der Waals surface area contributed by atoms with Crippen LogP contribution in [-0.4, -0.2) is 41.9 Å². The van der Waals surface area contributed by atoms with Gasteiger partial charge in [0, 0.05) is 34.7 Å². The molecule has 5 heteroatoms. The third-order valence-electron chi connectivity index (χ3n) is 5.23. The highest BCUT2D eigenvalue weighted by molar-refractivity contribution is 9.10. The monoisotopic (exact) mass is 448 g/mol. The molecule has 1 amide bonds. The van der Waals surface area contributed by atoms with Gasteiger partial charge < -0.3 is 9.80 Å². The van der Waals surface area contributed by atoms with Gasteiger partial charge >= 0.3 is 0 Å². The zero-order valence-corrected chi connectivity index (χ0v) is 18.0. The quantitative estimate of drug-likeness (QED) is 0.583. The molecule has 0 bridgehead atoms. The van der Waals surface area contributed by atoms with Gasteiger partial charge in [-0.3, -0.25) is 4.79 Å². The third kappa shape index (κ3) is 6.06. The molecule has 0 spiro atoms. The van der Waals surface area contributed by atoms with Gasteiger partial charge in [0.05, 0.1) is 0 Å². The summed E-state index contributed by atoms with van der Waals surface area (Å²) in [6.45, 7) is 6.82. The number of halogens is 2. The van der Waals surface area contributed by atoms with Crippen LogP contribution in [0.1, 0.15) is 35.7 Å². The molecule has 0 radical (unpaired) electrons. The van der Waals surface area contributed by atoms with Crippen molar-refractivity contribution >= 4 is 33.4 Å². The van der Waals surface area contributed by atoms with Gasteiger partial charge in [-0.15, -0.1) is 0 Å². The average Bonchev–Trinajstić information content (AvgIpc) is 2.68. The third-order valence-corrected chi connectivity index (χ3v) is 6.01. The van der Waals surface area contributed by atoms with Crippen LogP contribution in [0, 0.1) is 5.92 Å². The van der Waals surface area contributed by atoms with E-state index in [1.807, 2.05) is 53.4 Å². The molecule has 1 heterocycles. The lowest BCUT2D eigenvalue weighted by molar-refractivity contribution is 0.0709. The molecule has 1 saturated heterocycles. The number of carbonyl (C=O) groups is 1. The van der Waals surface area contributed by atoms with Gasteiger partial charge in [0.1, 0.15) is 0 Å². The van der Waals surface area contributed by atoms with Crippen LogP contribution in [0.25, 0.3) is 0 Å². The first-order valence-electron chi connectivity index (χ1n) is 9.53. The largest absolute Gasteiger partial charge is 0.333 e. The maximum absolute atomic E-state index is 13.1. The Bertz CT molecular complexity index is 740. The lowest BCUT2D eigenvalue weighted by Crippen LogP contribution is -2.41. The predicted molar refractivity (Wildman–Crippen MR) is 115 cm³/mol. The maximum Gasteiger partial charge on any atom is 0.254 e. The van der Waals surface area contributed by atoms with E-state index in [2.05, 4.69) is 27.8 Å². The summed E-state index contributed by atoms with van der Waals surface area (Å²) < 4.78 is 0.978. The Kier molecular flexibility index (Phi) is 7.33. The number of likely N-dealkylation sites (tertiary alicyclic amines) is 1. The van der Waals surface area contributed by atoms with Crippen LogP contribution in [0.2, 0.25) is 5.02 Å². The average molecular weight is 450 g/mol. The second kappa shape index (κ2) is 9.72. The van der Waals surface area contributed by atoms with E-state index in [1.165, 1.54) is 12.8 Å². The summed E-state index contributed by atoms with van der Waals surface area (Å²) in [5.41, 5.74) is 1.82. The highest BCUT2D eigenvalue weighted by atomic mass is 79.9. The van der Waals surface area contributed by atoms with Crippen molar-refractivity contribution in [3.05, 3.63) is 69.2 Å². The zero-order valence-electron chi connectivity index (χ0n) is 15.7. The smallest absolute Gasteiger partial charge is 0.254 e. The molecule has 1 fully saturated rings. The molecule has 3 nitrogen and oxygen atoms in total. The van der Waals surface area contributed by atoms with Crippen molar-refractivity contribution in [3.63, 3.8) is 0 Å². The van der Waals surface area contributed by atoms with Crippen molar-refractivity contribution in [3.8, 4) is 0 Å². The number of hydrogen-bond donors (Lipinski definition) is 0. The van der Waals surface area contributed by atoms with Gasteiger partial charge in [-0.1, -0.05) is 46.6 Å². The molecule has 0 unspecified atom stereocenters. The molecule has 1 aliphatic heterocycles. The molecule has 3 rings (SSSR count). The summed E-state index contributed by atoms with van der Waals surface area (Å²) in [4.78, 5) is 17.5. The Labute approximate surface area is 175 Å². The van der Waals surface area contributed by atoms with Crippen molar-refractivity contribution < 1.29 is 4.79 Å². The van der Waals surface area contributed by atoms with E-state index in [1.54, 1.807) is 0 Å². The molecule has 0 atom stereocenters. The highest BCUT2D eigenvalue weighted by Gasteiger charge is 2.20. The maximum atomic E-state index is 13.1. The van der Waals surface area contributed by atoms with Gasteiger partial charge in [-0.2, -0.15) is 0 Å². The van der Waals surface area contributed by atoms with Crippen molar-refractivity contribution in [2.24, 2.45) is 5.92 Å². The number of nitrogens with zero attached hydrogens (tertiary/aromatic N) is 2. The van der Waals surface area contributed by atoms with E-state index in [0.29, 0.717) is 11.6 Å². The van der Waals surface area contributed by atoms with Crippen molar-refractivity contribution in [1.29, 1.82) is 0 Å². The van der Waals surface area contributed by atoms with Crippen molar-refractivity contribution in [2.75, 3.05) is 26.2 Å². The normalized spacial score (nSPS) is 15.7. The summed E-state index contributed by atoms with van der Waals surface area (Å²) in [5.74, 6) is 0.888. The number of hydrogen-bond acceptors (Lipinski definition) is 2. The minimum absolute atomic E-state index is 0.0721. The Morgan fingerprint density at radius 2 is 1.74 bits per heavy atom. The lowest BCUT2D eigenvalue weighted by Gasteiger charge is -2.32. The number of piperidine rings is 1. The Morgan fingerprint density at radius 1 is 1.11 bits per heavy atom. The summed E-state index contributed by atoms with van der Waals surface area (Å²) >= 11 is 9.44. The molecule has 0 N–H and O–H groups in total. The van der Waals surface area contributed by atoms with Gasteiger partial charge in [0.2, 0.25) is 0 Å². The zero-order chi connectivity index (χ0) is 19.2. The second-order valence-corrected chi connectivity index (χ2v) is 8.74. The summed E-state index contributed by atoms with van der Waals surface area (Å²) in [6.07, 6.45) is 2.50. The van der Waals surface area contributed by atoms with Crippen LogP contribution in [0.3, 0.4) is 0 Å². The molecule has 0 saturated carbocycles. The van der Waals surface area contributed by atoms with Crippen molar-refractivity contribution in [1.82, 2.24) is 9.80 Å². The second-order valence-electron chi connectivity index (χ2n) is 7.38. The van der Waals surface area contributed by atoms with E-state index in [9.17, 15) is 4.79 Å². The topological polar surface area (TPSA) is 23.6 Å². The fourth-order valence-corrected chi connectivity index (χ4v) is 3.78. The van der Waals surface area contributed by atoms with Crippen LogP contribution in [-0.2, 0) is 6.54 Å². The standard InChI is InChI=1S/C22H26BrClN2O/c1-17-10-12-25(13-11-17)14-15-26(16-18-2-8-21(24)9-3-18)22(27)19-4-6-20(23)7-5-19/h2-9,17H,10-16H2,1H3. The van der Waals surface area contributed by atoms with Gasteiger partial charge in [-0.05, 0) is 73.8 Å². The van der Waals surface area contributed by atoms with Crippen LogP contribution >= 0.6 is 27.5 Å². The molecule has 2 aromatic carbocycles. The van der Waals surface area contributed by atoms with Gasteiger partial charge in [0.15, 0.2) is 0 Å². The number of amides is 1. The SMILES string of the molecule is CC1CCN(CCN(Cc2ccc(Cl)cc2)C(=O)c2ccc(Br)cc2)CC1. The summed E-state index contributed by atoms with van der Waals surface area (Å²) in [7, 11) is 0. The fraction of sp³-hybridized carbons (Fsp3) is 0.409. The van der Waals surface area contributed by atoms with E-state index in [4.69, 9.17) is 11.6 Å². The summed E-state index contributed by atoms with van der Waals surface area (Å²) in [6, 6.07) is 15.3. The van der Waals surface area contributed by atoms with Crippen molar-refractivity contribution in [2.45, 2.75) is 26.3 Å². The van der Waals surface area contributed by atoms with E-state index < -0.39 is 0 Å². The van der Waals surface area contributed by atoms with Crippen LogP contribution in [0.4, 0.5) is 0 Å². The lowest BCUT2D eigenvalue weighted by atomic mass is 9.99. The number of carbonyl (C=O) groups excluding carboxylic acids is 1. The predicted octanol–water partition coefficient (Wildman–Crippen LogP) is 5.48. The molecule has 144 valence electrons. The van der Waals surface area contributed by atoms with Crippen LogP contribution < -0.4 is 0 Å². The molecule has 2 aromatic rings. The summed E-state index contributed by atoms with van der Waals surface area (Å²) in [5, 5.41) is 0.715. The Morgan fingerprint density at radius 3 is 2.37 bits per heavy atom. The van der Waals surface area contributed by atoms with Crippen LogP contribution in [0.5, 0.6) is 0 Å². The molecule has 0 aliphatic carbocycles. The van der Waals surface area contributed by atoms with Gasteiger partial charge in [-0.25, -0.2) is 0 Å². The van der Waals surface area contributed by atoms with E-state index in [-0.39, 0.29) is 5.91 Å². The molecule has 27 heavy (non-hydrogen) atoms. The van der Waals surface area contributed by atoms with Gasteiger partial charge in [0.25, 0.3) is 5.91 Å². The van der Waals surface area contributed by atoms with E-state index in [0.717, 1.165) is 47.7 Å². The Hall–Kier alpha value is -1.36.